The van der Waals surface area contributed by atoms with Crippen LogP contribution in [0.1, 0.15) is 62.5 Å². The van der Waals surface area contributed by atoms with E-state index in [0.29, 0.717) is 22.3 Å². The summed E-state index contributed by atoms with van der Waals surface area (Å²) >= 11 is 0. The summed E-state index contributed by atoms with van der Waals surface area (Å²) in [4.78, 5) is 52.5. The number of rotatable bonds is 4. The van der Waals surface area contributed by atoms with Gasteiger partial charge in [-0.2, -0.15) is 0 Å². The molecule has 0 aromatic heterocycles. The summed E-state index contributed by atoms with van der Waals surface area (Å²) in [6.07, 6.45) is 0.145. The third-order valence-electron chi connectivity index (χ3n) is 9.51. The molecule has 1 unspecified atom stereocenters. The lowest BCUT2D eigenvalue weighted by molar-refractivity contribution is -0.178. The highest BCUT2D eigenvalue weighted by Gasteiger charge is 2.72. The van der Waals surface area contributed by atoms with Crippen molar-refractivity contribution in [3.8, 4) is 16.9 Å². The zero-order valence-corrected chi connectivity index (χ0v) is 24.4. The molecule has 220 valence electrons. The Morgan fingerprint density at radius 3 is 2.17 bits per heavy atom. The number of ether oxygens (including phenoxy) is 1. The quantitative estimate of drug-likeness (QED) is 0.301. The molecule has 0 amide bonds. The van der Waals surface area contributed by atoms with Crippen LogP contribution in [0, 0.1) is 22.7 Å². The maximum Gasteiger partial charge on any atom is 0.337 e. The van der Waals surface area contributed by atoms with E-state index in [-0.39, 0.29) is 29.7 Å². The number of aliphatic hydroxyl groups excluding tert-OH is 2. The second-order valence-electron chi connectivity index (χ2n) is 12.5. The van der Waals surface area contributed by atoms with Gasteiger partial charge < -0.3 is 25.2 Å². The summed E-state index contributed by atoms with van der Waals surface area (Å²) in [5.41, 5.74) is -3.90. The molecule has 1 saturated carbocycles. The van der Waals surface area contributed by atoms with Crippen molar-refractivity contribution in [2.24, 2.45) is 22.7 Å². The first kappa shape index (κ1) is 29.3. The molecule has 0 spiro atoms. The van der Waals surface area contributed by atoms with E-state index in [1.165, 1.54) is 13.2 Å². The highest BCUT2D eigenvalue weighted by molar-refractivity contribution is 6.24. The molecule has 1 fully saturated rings. The molecule has 42 heavy (non-hydrogen) atoms. The topological polar surface area (TPSA) is 158 Å². The fraction of sp³-hybridized carbons (Fsp3) is 0.394. The predicted molar refractivity (Wildman–Crippen MR) is 153 cm³/mol. The number of aromatic hydroxyl groups is 1. The number of carbonyl (C=O) groups excluding carboxylic acids is 4. The van der Waals surface area contributed by atoms with E-state index in [1.807, 2.05) is 0 Å². The number of phenolic OH excluding ortho intramolecular Hbond substituents is 1. The molecule has 2 aromatic carbocycles. The van der Waals surface area contributed by atoms with Crippen LogP contribution >= 0.6 is 0 Å². The molecule has 4 atom stereocenters. The summed E-state index contributed by atoms with van der Waals surface area (Å²) in [7, 11) is 1.28. The van der Waals surface area contributed by atoms with Gasteiger partial charge in [-0.15, -0.1) is 0 Å². The number of carbonyl (C=O) groups is 4. The monoisotopic (exact) mass is 574 g/mol. The molecule has 9 nitrogen and oxygen atoms in total. The molecular weight excluding hydrogens is 540 g/mol. The maximum absolute atomic E-state index is 14.4. The molecule has 0 bridgehead atoms. The van der Waals surface area contributed by atoms with Crippen LogP contribution in [0.15, 0.2) is 53.3 Å². The summed E-state index contributed by atoms with van der Waals surface area (Å²) in [5, 5.41) is 46.0. The van der Waals surface area contributed by atoms with Gasteiger partial charge in [0.1, 0.15) is 22.8 Å². The molecule has 0 heterocycles. The Bertz CT molecular complexity index is 1640. The number of phenols is 1. The molecule has 0 saturated heterocycles. The van der Waals surface area contributed by atoms with Crippen molar-refractivity contribution in [2.75, 3.05) is 7.11 Å². The molecule has 2 aromatic rings. The van der Waals surface area contributed by atoms with Crippen molar-refractivity contribution < 1.29 is 44.3 Å². The van der Waals surface area contributed by atoms with Crippen molar-refractivity contribution in [2.45, 2.75) is 53.1 Å². The van der Waals surface area contributed by atoms with Gasteiger partial charge in [0, 0.05) is 22.3 Å². The van der Waals surface area contributed by atoms with Gasteiger partial charge in [0.05, 0.1) is 18.2 Å². The van der Waals surface area contributed by atoms with Crippen molar-refractivity contribution in [3.63, 3.8) is 0 Å². The third-order valence-corrected chi connectivity index (χ3v) is 9.51. The zero-order chi connectivity index (χ0) is 31.1. The summed E-state index contributed by atoms with van der Waals surface area (Å²) in [5.74, 6) is -6.13. The molecule has 3 aliphatic rings. The highest BCUT2D eigenvalue weighted by Crippen LogP contribution is 2.65. The number of hydrogen-bond donors (Lipinski definition) is 4. The van der Waals surface area contributed by atoms with E-state index in [4.69, 9.17) is 4.74 Å². The number of ketones is 3. The first-order chi connectivity index (χ1) is 19.5. The van der Waals surface area contributed by atoms with Crippen LogP contribution < -0.4 is 0 Å². The number of aliphatic hydroxyl groups is 3. The average Bonchev–Trinajstić information content (AvgIpc) is 2.90. The number of Topliss-reactive ketones (excluding diaryl/α,β-unsaturated/α-hetero) is 3. The number of fused-ring (bicyclic) bond motifs is 3. The normalized spacial score (nSPS) is 28.8. The number of esters is 1. The summed E-state index contributed by atoms with van der Waals surface area (Å²) in [6, 6.07) is 9.68. The Morgan fingerprint density at radius 2 is 1.62 bits per heavy atom. The first-order valence-corrected chi connectivity index (χ1v) is 13.8. The fourth-order valence-electron chi connectivity index (χ4n) is 7.89. The summed E-state index contributed by atoms with van der Waals surface area (Å²) in [6.45, 7) is 7.93. The lowest BCUT2D eigenvalue weighted by Gasteiger charge is -2.59. The van der Waals surface area contributed by atoms with Gasteiger partial charge in [0.25, 0.3) is 0 Å². The van der Waals surface area contributed by atoms with Crippen LogP contribution in [0.25, 0.3) is 16.9 Å². The Labute approximate surface area is 243 Å². The van der Waals surface area contributed by atoms with Crippen LogP contribution in [-0.2, 0) is 25.5 Å². The van der Waals surface area contributed by atoms with Crippen molar-refractivity contribution in [1.29, 1.82) is 0 Å². The van der Waals surface area contributed by atoms with E-state index >= 15 is 0 Å². The lowest BCUT2D eigenvalue weighted by Crippen LogP contribution is -2.69. The van der Waals surface area contributed by atoms with E-state index in [0.717, 1.165) is 6.92 Å². The zero-order valence-electron chi connectivity index (χ0n) is 24.4. The van der Waals surface area contributed by atoms with E-state index in [9.17, 15) is 39.6 Å². The number of hydrogen-bond acceptors (Lipinski definition) is 9. The minimum atomic E-state index is -2.66. The van der Waals surface area contributed by atoms with Crippen LogP contribution in [0.2, 0.25) is 0 Å². The van der Waals surface area contributed by atoms with Crippen LogP contribution in [0.5, 0.6) is 5.75 Å². The Hall–Kier alpha value is -4.24. The van der Waals surface area contributed by atoms with Crippen molar-refractivity contribution in [1.82, 2.24) is 0 Å². The van der Waals surface area contributed by atoms with Gasteiger partial charge in [-0.05, 0) is 60.6 Å². The average molecular weight is 575 g/mol. The number of allylic oxidation sites excluding steroid dienone is 1. The highest BCUT2D eigenvalue weighted by atomic mass is 16.5. The van der Waals surface area contributed by atoms with Crippen LogP contribution in [0.3, 0.4) is 0 Å². The standard InChI is InChI=1S/C33H34O9/c1-15(2)24-26(36)22(16(3)34)28(38)33(41)29(39)25-27(37)23-20(13-31(25,4)14-32(24,33)5)19(11-12-21(23)35)17-7-9-18(10-8-17)30(40)42-6/h7-12,15,24,35,37-38,41H,13-14H2,1-6H3/t24?,31-,32-,33+/m1/s1. The van der Waals surface area contributed by atoms with Gasteiger partial charge in [0.2, 0.25) is 5.78 Å². The van der Waals surface area contributed by atoms with E-state index in [1.54, 1.807) is 58.0 Å². The van der Waals surface area contributed by atoms with Gasteiger partial charge >= 0.3 is 5.97 Å². The van der Waals surface area contributed by atoms with Crippen molar-refractivity contribution in [3.05, 3.63) is 70.0 Å². The molecule has 4 N–H and O–H groups in total. The number of benzene rings is 2. The van der Waals surface area contributed by atoms with E-state index < -0.39 is 68.7 Å². The number of methoxy groups -OCH3 is 1. The molecule has 0 radical (unpaired) electrons. The first-order valence-electron chi connectivity index (χ1n) is 13.8. The molecule has 9 heteroatoms. The predicted octanol–water partition coefficient (Wildman–Crippen LogP) is 4.64. The van der Waals surface area contributed by atoms with Gasteiger partial charge in [-0.3, -0.25) is 14.4 Å². The smallest absolute Gasteiger partial charge is 0.337 e. The lowest BCUT2D eigenvalue weighted by atomic mass is 9.43. The van der Waals surface area contributed by atoms with E-state index in [2.05, 4.69) is 0 Å². The SMILES string of the molecule is COC(=O)c1ccc(-c2ccc(O)c3c2C[C@]2(C)C[C@]4(C)C(C(C)C)C(=O)C(C(C)=O)=C(O)[C@]4(O)C(=O)C2=C3O)cc1. The molecule has 5 rings (SSSR count). The maximum atomic E-state index is 14.4. The molecule has 3 aliphatic carbocycles. The molecular formula is C33H34O9. The fourth-order valence-corrected chi connectivity index (χ4v) is 7.89. The minimum absolute atomic E-state index is 0.00127. The Balaban J connectivity index is 1.77. The largest absolute Gasteiger partial charge is 0.508 e. The third kappa shape index (κ3) is 3.65. The Morgan fingerprint density at radius 1 is 1.00 bits per heavy atom. The van der Waals surface area contributed by atoms with Crippen LogP contribution in [0.4, 0.5) is 0 Å². The van der Waals surface area contributed by atoms with Gasteiger partial charge in [0.15, 0.2) is 17.2 Å². The van der Waals surface area contributed by atoms with Crippen LogP contribution in [-0.4, -0.2) is 56.5 Å². The Kier molecular flexibility index (Phi) is 6.54. The second kappa shape index (κ2) is 9.39. The van der Waals surface area contributed by atoms with Gasteiger partial charge in [-0.1, -0.05) is 45.9 Å². The second-order valence-corrected chi connectivity index (χ2v) is 12.5. The summed E-state index contributed by atoms with van der Waals surface area (Å²) < 4.78 is 4.78. The van der Waals surface area contributed by atoms with Gasteiger partial charge in [-0.25, -0.2) is 4.79 Å². The molecule has 0 aliphatic heterocycles. The minimum Gasteiger partial charge on any atom is -0.508 e. The van der Waals surface area contributed by atoms with Crippen molar-refractivity contribution >= 4 is 29.1 Å².